The predicted octanol–water partition coefficient (Wildman–Crippen LogP) is 22.5. The van der Waals surface area contributed by atoms with E-state index in [1.807, 2.05) is 183 Å². The number of pyridine rings is 7. The largest absolute Gasteiger partial charge is 0.343 e. The molecule has 720 valence electrons. The van der Waals surface area contributed by atoms with Gasteiger partial charge in [0.05, 0.1) is 48.1 Å². The maximum absolute atomic E-state index is 13.2. The Hall–Kier alpha value is -6.95. The summed E-state index contributed by atoms with van der Waals surface area (Å²) in [5.74, 6) is 3.20. The van der Waals surface area contributed by atoms with Gasteiger partial charge in [-0.1, -0.05) is 106 Å². The zero-order chi connectivity index (χ0) is 96.9. The van der Waals surface area contributed by atoms with Crippen LogP contribution in [0.15, 0.2) is 202 Å². The number of benzene rings is 4. The summed E-state index contributed by atoms with van der Waals surface area (Å²) in [4.78, 5) is 95.8. The fourth-order valence-electron chi connectivity index (χ4n) is 22.3. The van der Waals surface area contributed by atoms with E-state index in [1.54, 1.807) is 6.92 Å². The van der Waals surface area contributed by atoms with Crippen molar-refractivity contribution >= 4 is 199 Å². The van der Waals surface area contributed by atoms with Crippen molar-refractivity contribution in [2.24, 2.45) is 44.8 Å². The molecule has 5 saturated heterocycles. The van der Waals surface area contributed by atoms with Crippen LogP contribution < -0.4 is 13.7 Å². The third-order valence-electron chi connectivity index (χ3n) is 29.5. The molecular formula is C108H112Br7Cl5N13O5+3. The molecule has 0 radical (unpaired) electrons. The van der Waals surface area contributed by atoms with Crippen LogP contribution in [0.1, 0.15) is 195 Å². The number of carbonyl (C=O) groups excluding carboxylic acids is 5. The van der Waals surface area contributed by atoms with Crippen LogP contribution in [0, 0.1) is 23.7 Å². The van der Waals surface area contributed by atoms with Gasteiger partial charge in [0.2, 0.25) is 29.5 Å². The van der Waals surface area contributed by atoms with Gasteiger partial charge in [0.15, 0.2) is 37.2 Å². The van der Waals surface area contributed by atoms with Crippen molar-refractivity contribution in [1.29, 1.82) is 0 Å². The fourth-order valence-corrected chi connectivity index (χ4v) is 27.8. The van der Waals surface area contributed by atoms with E-state index in [4.69, 9.17) is 77.9 Å². The Labute approximate surface area is 893 Å². The second-order valence-corrected chi connectivity index (χ2v) is 46.7. The molecular weight excluding hydrogens is 2300 g/mol. The minimum atomic E-state index is -0.0586. The highest BCUT2D eigenvalue weighted by Crippen LogP contribution is 2.52. The van der Waals surface area contributed by atoms with E-state index >= 15 is 0 Å². The number of hydrogen-bond donors (Lipinski definition) is 0. The van der Waals surface area contributed by atoms with Gasteiger partial charge in [0, 0.05) is 227 Å². The van der Waals surface area contributed by atoms with Crippen molar-refractivity contribution in [2.75, 3.05) is 78.5 Å². The van der Waals surface area contributed by atoms with Crippen molar-refractivity contribution in [2.45, 2.75) is 159 Å². The lowest BCUT2D eigenvalue weighted by Crippen LogP contribution is -2.50. The first-order valence-corrected chi connectivity index (χ1v) is 55.3. The zero-order valence-corrected chi connectivity index (χ0v) is 92.7. The van der Waals surface area contributed by atoms with Crippen LogP contribution in [0.2, 0.25) is 25.1 Å². The number of rotatable bonds is 12. The van der Waals surface area contributed by atoms with Gasteiger partial charge in [-0.25, -0.2) is 13.7 Å². The van der Waals surface area contributed by atoms with Gasteiger partial charge in [0.25, 0.3) is 0 Å². The average molecular weight is 2410 g/mol. The Morgan fingerprint density at radius 3 is 0.928 bits per heavy atom. The van der Waals surface area contributed by atoms with E-state index < -0.39 is 0 Å². The van der Waals surface area contributed by atoms with Gasteiger partial charge in [-0.15, -0.1) is 0 Å². The quantitative estimate of drug-likeness (QED) is 0.107. The molecule has 9 aliphatic rings. The van der Waals surface area contributed by atoms with Crippen LogP contribution in [0.5, 0.6) is 0 Å². The van der Waals surface area contributed by atoms with Crippen LogP contribution in [0.4, 0.5) is 0 Å². The molecule has 20 rings (SSSR count). The molecule has 7 aromatic heterocycles. The maximum atomic E-state index is 13.2. The molecule has 5 fully saturated rings. The summed E-state index contributed by atoms with van der Waals surface area (Å²) >= 11 is 58.4. The maximum Gasteiger partial charge on any atom is 0.227 e. The first kappa shape index (κ1) is 103. The Morgan fingerprint density at radius 1 is 0.326 bits per heavy atom. The monoisotopic (exact) mass is 2400 g/mol. The Kier molecular flexibility index (Phi) is 34.5. The second kappa shape index (κ2) is 46.4. The number of piperazine rings is 1. The summed E-state index contributed by atoms with van der Waals surface area (Å²) in [5, 5.41) is 3.63. The smallest absolute Gasteiger partial charge is 0.227 e. The molecule has 30 heteroatoms. The minimum Gasteiger partial charge on any atom is -0.343 e. The lowest BCUT2D eigenvalue weighted by Gasteiger charge is -2.40. The molecule has 0 spiro atoms. The number of halogens is 12. The van der Waals surface area contributed by atoms with Gasteiger partial charge in [-0.3, -0.25) is 48.8 Å². The summed E-state index contributed by atoms with van der Waals surface area (Å²) in [6.45, 7) is 10.8. The number of aryl methyl sites for hydroxylation is 11. The van der Waals surface area contributed by atoms with Gasteiger partial charge in [0.1, 0.15) is 21.1 Å². The number of piperidine rings is 4. The molecule has 12 heterocycles. The average Bonchev–Trinajstić information content (AvgIpc) is 1.57. The highest BCUT2D eigenvalue weighted by Gasteiger charge is 2.43. The fraction of sp³-hybridized carbons (Fsp3) is 0.407. The Morgan fingerprint density at radius 2 is 0.601 bits per heavy atom. The number of likely N-dealkylation sites (tertiary alicyclic amines) is 4. The van der Waals surface area contributed by atoms with Crippen LogP contribution in [0.25, 0.3) is 0 Å². The van der Waals surface area contributed by atoms with E-state index in [0.29, 0.717) is 72.5 Å². The van der Waals surface area contributed by atoms with E-state index in [1.165, 1.54) is 78.3 Å². The molecule has 18 nitrogen and oxygen atoms in total. The summed E-state index contributed by atoms with van der Waals surface area (Å²) in [5.41, 5.74) is 23.0. The van der Waals surface area contributed by atoms with Gasteiger partial charge >= 0.3 is 0 Å². The second-order valence-electron chi connectivity index (χ2n) is 38.3. The lowest BCUT2D eigenvalue weighted by molar-refractivity contribution is -0.671. The summed E-state index contributed by atoms with van der Waals surface area (Å²) < 4.78 is 13.2. The van der Waals surface area contributed by atoms with E-state index in [2.05, 4.69) is 164 Å². The molecule has 0 saturated carbocycles. The first-order valence-electron chi connectivity index (χ1n) is 47.9. The summed E-state index contributed by atoms with van der Waals surface area (Å²) in [6.07, 6.45) is 36.5. The number of carbonyl (C=O) groups is 5. The summed E-state index contributed by atoms with van der Waals surface area (Å²) in [7, 11) is 5.95. The van der Waals surface area contributed by atoms with E-state index in [9.17, 15) is 24.0 Å². The number of amides is 5. The number of nitrogens with zero attached hydrogens (tertiary/aromatic N) is 13. The molecule has 0 N–H and O–H groups in total. The summed E-state index contributed by atoms with van der Waals surface area (Å²) in [6, 6.07) is 37.1. The van der Waals surface area contributed by atoms with E-state index in [0.717, 1.165) is 243 Å². The molecule has 138 heavy (non-hydrogen) atoms. The van der Waals surface area contributed by atoms with Gasteiger partial charge < -0.3 is 24.5 Å². The van der Waals surface area contributed by atoms with Crippen molar-refractivity contribution in [1.82, 2.24) is 49.3 Å². The standard InChI is InChI=1S/C28H32Br2ClN3O2.2C27H27Br2ClN3O.C26H26BrCl2N4O/c1-17(35)33-8-4-18(5-9-33)12-25(36)34-10-6-19(7-11-34)27-26-20(14-23(31)15-24(26)30)2-3-21-13-22(29)16-32-28(21)27;2*1-32-8-4-17(5-9-32)12-24(34)33-10-6-18(7-11-33)26-25-19(14-22(30)15-23(25)29)2-3-20-13-21(28)16-31-27(20)26;1-31-6-4-17(5-7-31)12-23(34)32-8-10-33(11-9-32)26-24-18(14-21(28)15-22(24)29)2-3-19-13-20(27)16-30-25(19)26/h13-16,18-19,27H,2-12H2,1H3;2*4-5,8-9,13-16,18,26H,2-3,6-7,10-12H2,1H3;4-7,13-16,26H,2-3,8-12H2,1H3/q;3*+1. The minimum absolute atomic E-state index is 0.0586. The lowest BCUT2D eigenvalue weighted by atomic mass is 9.76. The Balaban J connectivity index is 0.000000127. The molecule has 4 atom stereocenters. The highest BCUT2D eigenvalue weighted by molar-refractivity contribution is 9.11. The first-order chi connectivity index (χ1) is 66.5. The molecule has 5 aliphatic heterocycles. The molecule has 5 amide bonds. The van der Waals surface area contributed by atoms with Crippen LogP contribution in [0.3, 0.4) is 0 Å². The van der Waals surface area contributed by atoms with Gasteiger partial charge in [-0.05, 0) is 346 Å². The molecule has 0 bridgehead atoms. The van der Waals surface area contributed by atoms with Gasteiger partial charge in [-0.2, -0.15) is 0 Å². The Bertz CT molecular complexity index is 5890. The molecule has 4 unspecified atom stereocenters. The van der Waals surface area contributed by atoms with Crippen LogP contribution in [-0.4, -0.2) is 157 Å². The van der Waals surface area contributed by atoms with Crippen molar-refractivity contribution in [3.8, 4) is 0 Å². The predicted molar refractivity (Wildman–Crippen MR) is 568 cm³/mol. The number of fused-ring (bicyclic) bond motifs is 8. The molecule has 11 aromatic rings. The van der Waals surface area contributed by atoms with Crippen molar-refractivity contribution in [3.63, 3.8) is 0 Å². The number of aromatic nitrogens is 7. The number of hydrogen-bond acceptors (Lipinski definition) is 10. The normalized spacial score (nSPS) is 19.0. The van der Waals surface area contributed by atoms with Crippen molar-refractivity contribution < 1.29 is 37.7 Å². The molecule has 4 aromatic carbocycles. The van der Waals surface area contributed by atoms with E-state index in [-0.39, 0.29) is 53.3 Å². The van der Waals surface area contributed by atoms with Crippen LogP contribution in [-0.2, 0) is 116 Å². The molecule has 4 aliphatic carbocycles. The van der Waals surface area contributed by atoms with Crippen molar-refractivity contribution in [3.05, 3.63) is 334 Å². The topological polar surface area (TPSA) is 168 Å². The SMILES string of the molecule is CC(=O)N1CCC(CC(=O)N2CCC(C3c4ncc(Br)cc4CCc4cc(Cl)cc(Br)c43)CC2)CC1.C[n+]1ccc(CC(=O)N2CCC(C3c4ncc(Br)cc4CCc4cc(Cl)cc(Br)c43)CC2)cc1.C[n+]1ccc(CC(=O)N2CCC(C3c4ncc(Br)cc4CCc4cc(Cl)cc(Br)c43)CC2)cc1.C[n+]1ccc(CC(=O)N2CCN(C3c4ncc(Br)cc4CCc4cc(Cl)cc(Cl)c43)CC2)cc1. The van der Waals surface area contributed by atoms with Crippen LogP contribution >= 0.6 is 170 Å². The third-order valence-corrected chi connectivity index (χ3v) is 34.3. The third kappa shape index (κ3) is 24.6. The zero-order valence-electron chi connectivity index (χ0n) is 77.8. The highest BCUT2D eigenvalue weighted by atomic mass is 79.9.